The Labute approximate surface area is 82.8 Å². The summed E-state index contributed by atoms with van der Waals surface area (Å²) in [6.07, 6.45) is 1.53. The quantitative estimate of drug-likeness (QED) is 0.548. The number of hydrogen-bond acceptors (Lipinski definition) is 4. The second-order valence-electron chi connectivity index (χ2n) is 3.34. The number of nitrogens with two attached hydrogens (primary N) is 1. The van der Waals surface area contributed by atoms with E-state index in [1.807, 2.05) is 13.8 Å². The molecule has 3 N–H and O–H groups in total. The summed E-state index contributed by atoms with van der Waals surface area (Å²) in [6.45, 7) is 4.63. The summed E-state index contributed by atoms with van der Waals surface area (Å²) in [4.78, 5) is 7.87. The molecule has 0 aliphatic carbocycles. The van der Waals surface area contributed by atoms with Crippen LogP contribution in [0.4, 0.5) is 0 Å². The van der Waals surface area contributed by atoms with Crippen molar-refractivity contribution in [1.29, 1.82) is 5.41 Å². The Hall–Kier alpha value is -1.65. The van der Waals surface area contributed by atoms with E-state index < -0.39 is 0 Å². The van der Waals surface area contributed by atoms with Crippen LogP contribution in [-0.4, -0.2) is 22.4 Å². The lowest BCUT2D eigenvalue weighted by Gasteiger charge is -2.06. The van der Waals surface area contributed by atoms with Gasteiger partial charge in [0.05, 0.1) is 6.61 Å². The highest BCUT2D eigenvalue weighted by atomic mass is 16.5. The molecule has 0 saturated carbocycles. The van der Waals surface area contributed by atoms with Crippen LogP contribution in [0.2, 0.25) is 0 Å². The van der Waals surface area contributed by atoms with Crippen LogP contribution in [0, 0.1) is 11.3 Å². The summed E-state index contributed by atoms with van der Waals surface area (Å²) in [5.74, 6) is 0.335. The molecule has 0 aromatic carbocycles. The summed E-state index contributed by atoms with van der Waals surface area (Å²) in [6, 6.07) is 1.84. The number of nitrogen functional groups attached to an aromatic ring is 1. The predicted octanol–water partition coefficient (Wildman–Crippen LogP) is 0.795. The van der Waals surface area contributed by atoms with Gasteiger partial charge in [-0.2, -0.15) is 4.98 Å². The highest BCUT2D eigenvalue weighted by Gasteiger charge is 2.03. The number of hydrogen-bond donors (Lipinski definition) is 2. The molecule has 1 rings (SSSR count). The second-order valence-corrected chi connectivity index (χ2v) is 3.34. The second kappa shape index (κ2) is 4.55. The molecule has 5 heteroatoms. The molecule has 0 fully saturated rings. The number of nitrogens with one attached hydrogen (secondary N) is 1. The minimum Gasteiger partial charge on any atom is -0.463 e. The summed E-state index contributed by atoms with van der Waals surface area (Å²) >= 11 is 0. The predicted molar refractivity (Wildman–Crippen MR) is 53.4 cm³/mol. The van der Waals surface area contributed by atoms with E-state index in [-0.39, 0.29) is 11.8 Å². The van der Waals surface area contributed by atoms with Crippen LogP contribution in [0.1, 0.15) is 19.5 Å². The Kier molecular flexibility index (Phi) is 3.39. The van der Waals surface area contributed by atoms with Gasteiger partial charge in [0.1, 0.15) is 11.5 Å². The Morgan fingerprint density at radius 2 is 2.36 bits per heavy atom. The minimum atomic E-state index is -0.0817. The van der Waals surface area contributed by atoms with E-state index in [4.69, 9.17) is 15.9 Å². The van der Waals surface area contributed by atoms with Crippen LogP contribution in [0.5, 0.6) is 6.01 Å². The highest BCUT2D eigenvalue weighted by Crippen LogP contribution is 2.04. The number of aromatic nitrogens is 2. The number of amidine groups is 1. The normalized spacial score (nSPS) is 10.2. The van der Waals surface area contributed by atoms with Gasteiger partial charge >= 0.3 is 6.01 Å². The zero-order valence-electron chi connectivity index (χ0n) is 8.32. The molecule has 0 aliphatic rings. The van der Waals surface area contributed by atoms with Crippen molar-refractivity contribution in [1.82, 2.24) is 9.97 Å². The Morgan fingerprint density at radius 1 is 1.64 bits per heavy atom. The first-order valence-electron chi connectivity index (χ1n) is 4.40. The molecular formula is C9H14N4O. The van der Waals surface area contributed by atoms with Gasteiger partial charge in [-0.1, -0.05) is 13.8 Å². The van der Waals surface area contributed by atoms with Gasteiger partial charge in [-0.05, 0) is 12.0 Å². The van der Waals surface area contributed by atoms with Gasteiger partial charge in [0.15, 0.2) is 0 Å². The summed E-state index contributed by atoms with van der Waals surface area (Å²) in [7, 11) is 0. The highest BCUT2D eigenvalue weighted by molar-refractivity contribution is 5.92. The minimum absolute atomic E-state index is 0.0817. The molecule has 1 aromatic heterocycles. The van der Waals surface area contributed by atoms with E-state index in [0.29, 0.717) is 18.2 Å². The van der Waals surface area contributed by atoms with E-state index >= 15 is 0 Å². The topological polar surface area (TPSA) is 84.9 Å². The van der Waals surface area contributed by atoms with Gasteiger partial charge < -0.3 is 10.5 Å². The lowest BCUT2D eigenvalue weighted by molar-refractivity contribution is 0.250. The van der Waals surface area contributed by atoms with Crippen molar-refractivity contribution in [3.8, 4) is 6.01 Å². The SMILES string of the molecule is CC(C)COc1nccc(C(=N)N)n1. The van der Waals surface area contributed by atoms with Gasteiger partial charge in [0, 0.05) is 6.20 Å². The molecule has 0 atom stereocenters. The Balaban J connectivity index is 2.69. The first-order chi connectivity index (χ1) is 6.59. The maximum atomic E-state index is 7.18. The first kappa shape index (κ1) is 10.4. The van der Waals surface area contributed by atoms with Crippen LogP contribution >= 0.6 is 0 Å². The maximum Gasteiger partial charge on any atom is 0.317 e. The molecule has 0 bridgehead atoms. The molecule has 5 nitrogen and oxygen atoms in total. The van der Waals surface area contributed by atoms with Crippen LogP contribution in [0.25, 0.3) is 0 Å². The van der Waals surface area contributed by atoms with Crippen LogP contribution in [-0.2, 0) is 0 Å². The zero-order valence-corrected chi connectivity index (χ0v) is 8.32. The maximum absolute atomic E-state index is 7.18. The molecule has 1 heterocycles. The average Bonchev–Trinajstić information content (AvgIpc) is 2.15. The monoisotopic (exact) mass is 194 g/mol. The molecule has 76 valence electrons. The number of rotatable bonds is 4. The van der Waals surface area contributed by atoms with Crippen LogP contribution < -0.4 is 10.5 Å². The molecule has 0 aliphatic heterocycles. The molecule has 0 saturated heterocycles. The number of nitrogens with zero attached hydrogens (tertiary/aromatic N) is 2. The van der Waals surface area contributed by atoms with Crippen molar-refractivity contribution in [3.63, 3.8) is 0 Å². The summed E-state index contributed by atoms with van der Waals surface area (Å²) < 4.78 is 5.28. The number of ether oxygens (including phenoxy) is 1. The fourth-order valence-electron chi connectivity index (χ4n) is 0.802. The van der Waals surface area contributed by atoms with E-state index in [1.54, 1.807) is 6.07 Å². The standard InChI is InChI=1S/C9H14N4O/c1-6(2)5-14-9-12-4-3-7(13-9)8(10)11/h3-4,6H,5H2,1-2H3,(H3,10,11). The van der Waals surface area contributed by atoms with Crippen LogP contribution in [0.3, 0.4) is 0 Å². The molecular weight excluding hydrogens is 180 g/mol. The smallest absolute Gasteiger partial charge is 0.317 e. The molecule has 0 radical (unpaired) electrons. The molecule has 0 amide bonds. The lowest BCUT2D eigenvalue weighted by Crippen LogP contribution is -2.15. The van der Waals surface area contributed by atoms with Gasteiger partial charge in [0.25, 0.3) is 0 Å². The van der Waals surface area contributed by atoms with E-state index in [2.05, 4.69) is 9.97 Å². The fourth-order valence-corrected chi connectivity index (χ4v) is 0.802. The lowest BCUT2D eigenvalue weighted by atomic mass is 10.2. The van der Waals surface area contributed by atoms with Gasteiger partial charge in [0.2, 0.25) is 0 Å². The first-order valence-corrected chi connectivity index (χ1v) is 4.40. The van der Waals surface area contributed by atoms with E-state index in [9.17, 15) is 0 Å². The van der Waals surface area contributed by atoms with Gasteiger partial charge in [-0.25, -0.2) is 4.98 Å². The van der Waals surface area contributed by atoms with Crippen molar-refractivity contribution in [2.24, 2.45) is 11.7 Å². The van der Waals surface area contributed by atoms with Gasteiger partial charge in [-0.15, -0.1) is 0 Å². The third-order valence-corrected chi connectivity index (χ3v) is 1.46. The molecule has 0 unspecified atom stereocenters. The summed E-state index contributed by atoms with van der Waals surface area (Å²) in [5, 5.41) is 7.18. The zero-order chi connectivity index (χ0) is 10.6. The Morgan fingerprint density at radius 3 is 2.93 bits per heavy atom. The molecule has 14 heavy (non-hydrogen) atoms. The van der Waals surface area contributed by atoms with Gasteiger partial charge in [-0.3, -0.25) is 5.41 Å². The van der Waals surface area contributed by atoms with Crippen molar-refractivity contribution in [2.45, 2.75) is 13.8 Å². The van der Waals surface area contributed by atoms with E-state index in [1.165, 1.54) is 6.20 Å². The largest absolute Gasteiger partial charge is 0.463 e. The van der Waals surface area contributed by atoms with Crippen molar-refractivity contribution >= 4 is 5.84 Å². The fraction of sp³-hybridized carbons (Fsp3) is 0.444. The van der Waals surface area contributed by atoms with Crippen molar-refractivity contribution in [3.05, 3.63) is 18.0 Å². The summed E-state index contributed by atoms with van der Waals surface area (Å²) in [5.41, 5.74) is 5.66. The third kappa shape index (κ3) is 3.01. The van der Waals surface area contributed by atoms with Crippen molar-refractivity contribution in [2.75, 3.05) is 6.61 Å². The Bertz CT molecular complexity index is 324. The van der Waals surface area contributed by atoms with E-state index in [0.717, 1.165) is 0 Å². The third-order valence-electron chi connectivity index (χ3n) is 1.46. The van der Waals surface area contributed by atoms with Crippen LogP contribution in [0.15, 0.2) is 12.3 Å². The molecule has 1 aromatic rings. The van der Waals surface area contributed by atoms with Crippen molar-refractivity contribution < 1.29 is 4.74 Å². The average molecular weight is 194 g/mol. The molecule has 0 spiro atoms.